The number of pyridine rings is 1. The molecule has 0 fully saturated rings. The van der Waals surface area contributed by atoms with Crippen molar-refractivity contribution >= 4 is 17.4 Å². The van der Waals surface area contributed by atoms with Gasteiger partial charge in [0.25, 0.3) is 5.69 Å². The Kier molecular flexibility index (Phi) is 11.1. The molecule has 122 valence electrons. The van der Waals surface area contributed by atoms with Gasteiger partial charge in [-0.2, -0.15) is 0 Å². The topological polar surface area (TPSA) is 118 Å². The van der Waals surface area contributed by atoms with Crippen LogP contribution < -0.4 is 56.1 Å². The number of carbonyl (C=O) groups is 2. The fourth-order valence-electron chi connectivity index (χ4n) is 1.54. The second-order valence-electron chi connectivity index (χ2n) is 4.07. The molecule has 0 aliphatic rings. The number of methoxy groups -OCH3 is 1. The Hall–Kier alpha value is -0.914. The van der Waals surface area contributed by atoms with E-state index < -0.39 is 23.1 Å². The van der Waals surface area contributed by atoms with E-state index in [-0.39, 0.29) is 83.2 Å². The Morgan fingerprint density at radius 1 is 1.39 bits per heavy atom. The molecule has 1 heterocycles. The van der Waals surface area contributed by atoms with Gasteiger partial charge in [-0.05, 0) is 6.92 Å². The fraction of sp³-hybridized carbons (Fsp3) is 0.462. The molecular weight excluding hydrogens is 335 g/mol. The van der Waals surface area contributed by atoms with Crippen molar-refractivity contribution in [2.45, 2.75) is 13.3 Å². The molecule has 0 saturated heterocycles. The van der Waals surface area contributed by atoms with E-state index in [9.17, 15) is 19.7 Å². The van der Waals surface area contributed by atoms with Crippen molar-refractivity contribution < 1.29 is 81.5 Å². The summed E-state index contributed by atoms with van der Waals surface area (Å²) in [5.74, 6) is -1.80. The van der Waals surface area contributed by atoms with Crippen LogP contribution in [0.4, 0.5) is 5.69 Å². The maximum atomic E-state index is 11.7. The molecule has 0 atom stereocenters. The number of nitro groups is 1. The Morgan fingerprint density at radius 2 is 2.09 bits per heavy atom. The molecule has 0 spiro atoms. The third-order valence-electron chi connectivity index (χ3n) is 2.53. The summed E-state index contributed by atoms with van der Waals surface area (Å²) >= 11 is 0. The van der Waals surface area contributed by atoms with Crippen molar-refractivity contribution in [3.63, 3.8) is 0 Å². The van der Waals surface area contributed by atoms with E-state index in [2.05, 4.69) is 9.72 Å². The first-order valence-corrected chi connectivity index (χ1v) is 6.44. The van der Waals surface area contributed by atoms with E-state index in [1.54, 1.807) is 6.92 Å². The molecule has 0 saturated carbocycles. The molecule has 0 N–H and O–H groups in total. The van der Waals surface area contributed by atoms with Crippen LogP contribution in [0.2, 0.25) is 0 Å². The average molecular weight is 352 g/mol. The van der Waals surface area contributed by atoms with Gasteiger partial charge in [0.15, 0.2) is 0 Å². The Bertz CT molecular complexity index is 571. The summed E-state index contributed by atoms with van der Waals surface area (Å²) in [5, 5.41) is 10.9. The summed E-state index contributed by atoms with van der Waals surface area (Å²) < 4.78 is 14.6. The van der Waals surface area contributed by atoms with E-state index in [1.807, 2.05) is 0 Å². The zero-order chi connectivity index (χ0) is 16.5. The van der Waals surface area contributed by atoms with Gasteiger partial charge < -0.3 is 15.6 Å². The quantitative estimate of drug-likeness (QED) is 0.123. The second-order valence-corrected chi connectivity index (χ2v) is 4.07. The molecule has 0 unspecified atom stereocenters. The molecule has 1 aromatic rings. The maximum absolute atomic E-state index is 11.7. The first-order valence-electron chi connectivity index (χ1n) is 6.44. The van der Waals surface area contributed by atoms with Crippen LogP contribution >= 0.6 is 0 Å². The number of nitrogens with zero attached hydrogens (tertiary/aromatic N) is 2. The molecule has 9 nitrogen and oxygen atoms in total. The molecule has 1 rings (SSSR count). The zero-order valence-electron chi connectivity index (χ0n) is 14.2. The van der Waals surface area contributed by atoms with Crippen LogP contribution in [0, 0.1) is 10.1 Å². The first-order chi connectivity index (χ1) is 10.5. The first kappa shape index (κ1) is 22.1. The van der Waals surface area contributed by atoms with Crippen molar-refractivity contribution in [3.05, 3.63) is 27.9 Å². The number of ether oxygens (including phenoxy) is 3. The van der Waals surface area contributed by atoms with Crippen LogP contribution in [0.25, 0.3) is 0 Å². The van der Waals surface area contributed by atoms with Crippen molar-refractivity contribution in [1.29, 1.82) is 0 Å². The maximum Gasteiger partial charge on any atom is 1.00 e. The third-order valence-corrected chi connectivity index (χ3v) is 2.53. The molecule has 0 radical (unpaired) electrons. The van der Waals surface area contributed by atoms with Gasteiger partial charge in [0, 0.05) is 18.7 Å². The molecule has 0 aromatic carbocycles. The Labute approximate surface area is 176 Å². The van der Waals surface area contributed by atoms with Crippen LogP contribution in [-0.2, 0) is 25.5 Å². The van der Waals surface area contributed by atoms with Gasteiger partial charge in [0.1, 0.15) is 12.8 Å². The summed E-state index contributed by atoms with van der Waals surface area (Å²) in [5.41, 5.74) is -0.331. The van der Waals surface area contributed by atoms with Crippen LogP contribution in [0.1, 0.15) is 13.9 Å². The van der Waals surface area contributed by atoms with Gasteiger partial charge in [0.2, 0.25) is 11.7 Å². The van der Waals surface area contributed by atoms with Gasteiger partial charge in [-0.25, -0.2) is 9.78 Å². The second kappa shape index (κ2) is 11.6. The van der Waals surface area contributed by atoms with E-state index in [0.29, 0.717) is 6.61 Å². The predicted molar refractivity (Wildman–Crippen MR) is 74.7 cm³/mol. The van der Waals surface area contributed by atoms with Gasteiger partial charge in [-0.15, -0.1) is 0 Å². The van der Waals surface area contributed by atoms with Crippen molar-refractivity contribution in [1.82, 2.24) is 4.98 Å². The van der Waals surface area contributed by atoms with Gasteiger partial charge in [0.05, 0.1) is 24.6 Å². The summed E-state index contributed by atoms with van der Waals surface area (Å²) in [7, 11) is 1.50. The predicted octanol–water partition coefficient (Wildman–Crippen LogP) is -2.19. The van der Waals surface area contributed by atoms with Crippen LogP contribution in [-0.4, -0.2) is 48.6 Å². The fourth-order valence-corrected chi connectivity index (χ4v) is 1.54. The van der Waals surface area contributed by atoms with E-state index >= 15 is 0 Å². The van der Waals surface area contributed by atoms with Crippen LogP contribution in [0.5, 0.6) is 5.88 Å². The zero-order valence-corrected chi connectivity index (χ0v) is 16.4. The van der Waals surface area contributed by atoms with Gasteiger partial charge in [-0.3, -0.25) is 14.9 Å². The van der Waals surface area contributed by atoms with Crippen molar-refractivity contribution in [2.24, 2.45) is 0 Å². The minimum atomic E-state index is -1.03. The largest absolute Gasteiger partial charge is 1.00 e. The monoisotopic (exact) mass is 352 g/mol. The third kappa shape index (κ3) is 7.46. The van der Waals surface area contributed by atoms with E-state index in [4.69, 9.17) is 9.47 Å². The molecule has 10 heteroatoms. The number of aromatic nitrogens is 1. The molecular formula is C13H17KN2O7. The number of hydrogen-bond donors (Lipinski definition) is 0. The Morgan fingerprint density at radius 3 is 2.65 bits per heavy atom. The van der Waals surface area contributed by atoms with Gasteiger partial charge in [-0.1, -0.05) is 0 Å². The van der Waals surface area contributed by atoms with Crippen LogP contribution in [0.3, 0.4) is 0 Å². The summed E-state index contributed by atoms with van der Waals surface area (Å²) in [4.78, 5) is 37.0. The van der Waals surface area contributed by atoms with Crippen molar-refractivity contribution in [3.8, 4) is 5.88 Å². The number of Topliss-reactive ketones (excluding diaryl/α,β-unsaturated/α-hetero) is 1. The summed E-state index contributed by atoms with van der Waals surface area (Å²) in [6.45, 7) is 2.12. The van der Waals surface area contributed by atoms with Crippen molar-refractivity contribution in [2.75, 3.05) is 26.9 Å². The number of ketones is 1. The molecule has 0 amide bonds. The van der Waals surface area contributed by atoms with Gasteiger partial charge >= 0.3 is 57.4 Å². The van der Waals surface area contributed by atoms with E-state index in [0.717, 1.165) is 6.20 Å². The summed E-state index contributed by atoms with van der Waals surface area (Å²) in [6.07, 6.45) is 0.522. The molecule has 0 aliphatic carbocycles. The summed E-state index contributed by atoms with van der Waals surface area (Å²) in [6, 6.07) is 1.25. The SMILES string of the molecule is CCOC(=O)C(=O)Cc1cc(OCCOC)ncc1[N+](=O)[O-].[H-].[K+]. The number of carbonyl (C=O) groups excluding carboxylic acids is 2. The Balaban J connectivity index is 0. The molecule has 23 heavy (non-hydrogen) atoms. The number of hydrogen-bond acceptors (Lipinski definition) is 8. The van der Waals surface area contributed by atoms with Crippen LogP contribution in [0.15, 0.2) is 12.3 Å². The standard InChI is InChI=1S/C13H16N2O7.K.H/c1-3-21-13(17)11(16)6-9-7-12(22-5-4-20-2)14-8-10(9)15(18)19;;/h7-8H,3-6H2,1-2H3;;/q;+1;-1. The minimum Gasteiger partial charge on any atom is -1.00 e. The number of esters is 1. The number of rotatable bonds is 9. The smallest absolute Gasteiger partial charge is 1.00 e. The minimum absolute atomic E-state index is 0. The molecule has 0 aliphatic heterocycles. The normalized spacial score (nSPS) is 9.65. The average Bonchev–Trinajstić information content (AvgIpc) is 2.47. The molecule has 1 aromatic heterocycles. The van der Waals surface area contributed by atoms with E-state index in [1.165, 1.54) is 13.2 Å². The molecule has 0 bridgehead atoms.